The van der Waals surface area contributed by atoms with Crippen LogP contribution in [0.3, 0.4) is 0 Å². The minimum Gasteiger partial charge on any atom is -0.459 e. The summed E-state index contributed by atoms with van der Waals surface area (Å²) in [6, 6.07) is 16.8. The predicted octanol–water partition coefficient (Wildman–Crippen LogP) is 4.08. The molecule has 0 spiro atoms. The highest BCUT2D eigenvalue weighted by Crippen LogP contribution is 2.26. The van der Waals surface area contributed by atoms with Crippen LogP contribution in [-0.4, -0.2) is 7.05 Å². The van der Waals surface area contributed by atoms with Gasteiger partial charge in [0.25, 0.3) is 0 Å². The number of hydrogen-bond donors (Lipinski definition) is 1. The third-order valence-electron chi connectivity index (χ3n) is 3.47. The average Bonchev–Trinajstić information content (AvgIpc) is 2.88. The van der Waals surface area contributed by atoms with Crippen molar-refractivity contribution in [2.24, 2.45) is 0 Å². The summed E-state index contributed by atoms with van der Waals surface area (Å²) in [4.78, 5) is 0. The minimum atomic E-state index is -0.242. The second kappa shape index (κ2) is 5.47. The van der Waals surface area contributed by atoms with Crippen molar-refractivity contribution in [1.29, 1.82) is 0 Å². The van der Waals surface area contributed by atoms with E-state index in [1.807, 2.05) is 31.3 Å². The fourth-order valence-corrected chi connectivity index (χ4v) is 2.40. The van der Waals surface area contributed by atoms with Crippen LogP contribution in [0.4, 0.5) is 4.39 Å². The second-order valence-corrected chi connectivity index (χ2v) is 4.86. The van der Waals surface area contributed by atoms with Crippen molar-refractivity contribution < 1.29 is 8.81 Å². The molecule has 2 nitrogen and oxygen atoms in total. The Morgan fingerprint density at radius 3 is 2.65 bits per heavy atom. The average molecular weight is 269 g/mol. The van der Waals surface area contributed by atoms with Gasteiger partial charge in [0.15, 0.2) is 0 Å². The Morgan fingerprint density at radius 1 is 1.10 bits per heavy atom. The highest BCUT2D eigenvalue weighted by atomic mass is 19.1. The van der Waals surface area contributed by atoms with Crippen LogP contribution in [0.5, 0.6) is 0 Å². The van der Waals surface area contributed by atoms with Crippen molar-refractivity contribution in [2.45, 2.75) is 12.5 Å². The van der Waals surface area contributed by atoms with E-state index in [1.165, 1.54) is 17.7 Å². The monoisotopic (exact) mass is 269 g/mol. The Bertz CT molecular complexity index is 705. The summed E-state index contributed by atoms with van der Waals surface area (Å²) in [7, 11) is 1.90. The van der Waals surface area contributed by atoms with E-state index >= 15 is 0 Å². The van der Waals surface area contributed by atoms with Gasteiger partial charge in [0.05, 0.1) is 6.04 Å². The van der Waals surface area contributed by atoms with E-state index in [1.54, 1.807) is 6.07 Å². The van der Waals surface area contributed by atoms with E-state index in [-0.39, 0.29) is 11.9 Å². The number of likely N-dealkylation sites (N-methyl/N-ethyl adjacent to an activating group) is 1. The summed E-state index contributed by atoms with van der Waals surface area (Å²) in [6.45, 7) is 0. The lowest BCUT2D eigenvalue weighted by atomic mass is 10.0. The quantitative estimate of drug-likeness (QED) is 0.772. The fraction of sp³-hybridized carbons (Fsp3) is 0.176. The molecule has 0 radical (unpaired) electrons. The van der Waals surface area contributed by atoms with Crippen LogP contribution >= 0.6 is 0 Å². The predicted molar refractivity (Wildman–Crippen MR) is 78.1 cm³/mol. The topological polar surface area (TPSA) is 25.2 Å². The highest BCUT2D eigenvalue weighted by Gasteiger charge is 2.15. The summed E-state index contributed by atoms with van der Waals surface area (Å²) < 4.78 is 19.0. The molecular formula is C17H16FNO. The number of furan rings is 1. The molecule has 0 aliphatic carbocycles. The summed E-state index contributed by atoms with van der Waals surface area (Å²) in [6.07, 6.45) is 0.833. The number of nitrogens with one attached hydrogen (secondary N) is 1. The molecule has 0 fully saturated rings. The van der Waals surface area contributed by atoms with Gasteiger partial charge in [-0.3, -0.25) is 0 Å². The molecule has 0 amide bonds. The summed E-state index contributed by atoms with van der Waals surface area (Å²) >= 11 is 0. The Kier molecular flexibility index (Phi) is 3.52. The van der Waals surface area contributed by atoms with Gasteiger partial charge >= 0.3 is 0 Å². The first-order valence-corrected chi connectivity index (χ1v) is 6.66. The van der Waals surface area contributed by atoms with Gasteiger partial charge in [0.2, 0.25) is 0 Å². The normalized spacial score (nSPS) is 12.7. The SMILES string of the molecule is CNC(Cc1ccccc1)c1cc2cc(F)ccc2o1. The lowest BCUT2D eigenvalue weighted by molar-refractivity contribution is 0.451. The van der Waals surface area contributed by atoms with E-state index in [9.17, 15) is 4.39 Å². The summed E-state index contributed by atoms with van der Waals surface area (Å²) in [5, 5.41) is 4.05. The molecule has 2 aromatic carbocycles. The first-order valence-electron chi connectivity index (χ1n) is 6.66. The number of benzene rings is 2. The van der Waals surface area contributed by atoms with Gasteiger partial charge in [-0.25, -0.2) is 4.39 Å². The zero-order chi connectivity index (χ0) is 13.9. The van der Waals surface area contributed by atoms with Crippen molar-refractivity contribution in [3.63, 3.8) is 0 Å². The molecule has 0 aliphatic rings. The Morgan fingerprint density at radius 2 is 1.90 bits per heavy atom. The minimum absolute atomic E-state index is 0.0767. The van der Waals surface area contributed by atoms with Gasteiger partial charge in [-0.15, -0.1) is 0 Å². The molecule has 1 atom stereocenters. The number of rotatable bonds is 4. The van der Waals surface area contributed by atoms with Crippen molar-refractivity contribution >= 4 is 11.0 Å². The van der Waals surface area contributed by atoms with Gasteiger partial charge < -0.3 is 9.73 Å². The molecule has 102 valence electrons. The maximum Gasteiger partial charge on any atom is 0.134 e. The lowest BCUT2D eigenvalue weighted by Crippen LogP contribution is -2.18. The van der Waals surface area contributed by atoms with Crippen molar-refractivity contribution in [2.75, 3.05) is 7.05 Å². The van der Waals surface area contributed by atoms with Crippen molar-refractivity contribution in [3.8, 4) is 0 Å². The van der Waals surface area contributed by atoms with Gasteiger partial charge in [0, 0.05) is 5.39 Å². The van der Waals surface area contributed by atoms with E-state index in [4.69, 9.17) is 4.42 Å². The van der Waals surface area contributed by atoms with Crippen molar-refractivity contribution in [3.05, 3.63) is 71.7 Å². The van der Waals surface area contributed by atoms with Gasteiger partial charge in [-0.05, 0) is 43.3 Å². The lowest BCUT2D eigenvalue weighted by Gasteiger charge is -2.13. The van der Waals surface area contributed by atoms with Crippen molar-refractivity contribution in [1.82, 2.24) is 5.32 Å². The van der Waals surface area contributed by atoms with Gasteiger partial charge in [0.1, 0.15) is 17.2 Å². The van der Waals surface area contributed by atoms with Gasteiger partial charge in [-0.1, -0.05) is 30.3 Å². The van der Waals surface area contributed by atoms with E-state index in [0.717, 1.165) is 23.2 Å². The molecule has 0 saturated heterocycles. The number of hydrogen-bond acceptors (Lipinski definition) is 2. The molecule has 3 aromatic rings. The standard InChI is InChI=1S/C17H16FNO/c1-19-15(9-12-5-3-2-4-6-12)17-11-13-10-14(18)7-8-16(13)20-17/h2-8,10-11,15,19H,9H2,1H3. The number of fused-ring (bicyclic) bond motifs is 1. The van der Waals surface area contributed by atoms with Crippen LogP contribution in [0.15, 0.2) is 59.0 Å². The molecule has 1 N–H and O–H groups in total. The Balaban J connectivity index is 1.91. The third-order valence-corrected chi connectivity index (χ3v) is 3.47. The molecule has 0 bridgehead atoms. The molecule has 20 heavy (non-hydrogen) atoms. The summed E-state index contributed by atoms with van der Waals surface area (Å²) in [5.41, 5.74) is 1.95. The van der Waals surface area contributed by atoms with Crippen LogP contribution in [-0.2, 0) is 6.42 Å². The summed E-state index contributed by atoms with van der Waals surface area (Å²) in [5.74, 6) is 0.589. The molecule has 1 heterocycles. The molecule has 3 rings (SSSR count). The van der Waals surface area contributed by atoms with Gasteiger partial charge in [-0.2, -0.15) is 0 Å². The largest absolute Gasteiger partial charge is 0.459 e. The van der Waals surface area contributed by atoms with Crippen LogP contribution in [0.2, 0.25) is 0 Å². The smallest absolute Gasteiger partial charge is 0.134 e. The maximum atomic E-state index is 13.2. The van der Waals surface area contributed by atoms with Crippen LogP contribution in [0.1, 0.15) is 17.4 Å². The second-order valence-electron chi connectivity index (χ2n) is 4.86. The van der Waals surface area contributed by atoms with Crippen LogP contribution in [0, 0.1) is 5.82 Å². The maximum absolute atomic E-state index is 13.2. The molecule has 3 heteroatoms. The molecule has 0 saturated carbocycles. The first-order chi connectivity index (χ1) is 9.76. The number of halogens is 1. The van der Waals surface area contributed by atoms with Crippen LogP contribution < -0.4 is 5.32 Å². The molecular weight excluding hydrogens is 253 g/mol. The molecule has 1 unspecified atom stereocenters. The molecule has 0 aliphatic heterocycles. The Hall–Kier alpha value is -2.13. The zero-order valence-electron chi connectivity index (χ0n) is 11.3. The fourth-order valence-electron chi connectivity index (χ4n) is 2.40. The zero-order valence-corrected chi connectivity index (χ0v) is 11.3. The van der Waals surface area contributed by atoms with E-state index in [2.05, 4.69) is 17.4 Å². The van der Waals surface area contributed by atoms with E-state index in [0.29, 0.717) is 0 Å². The molecule has 1 aromatic heterocycles. The third kappa shape index (κ3) is 2.58. The Labute approximate surface area is 117 Å². The van der Waals surface area contributed by atoms with E-state index < -0.39 is 0 Å². The van der Waals surface area contributed by atoms with Crippen LogP contribution in [0.25, 0.3) is 11.0 Å². The highest BCUT2D eigenvalue weighted by molar-refractivity contribution is 5.78. The first kappa shape index (κ1) is 12.9.